The molecule has 1 aromatic carbocycles. The number of hydrogen-bond acceptors (Lipinski definition) is 4. The van der Waals surface area contributed by atoms with Crippen LogP contribution in [0.3, 0.4) is 0 Å². The molecule has 1 aromatic heterocycles. The molecule has 0 spiro atoms. The molecule has 0 radical (unpaired) electrons. The van der Waals surface area contributed by atoms with Crippen LogP contribution in [0, 0.1) is 5.92 Å². The highest BCUT2D eigenvalue weighted by Crippen LogP contribution is 2.22. The van der Waals surface area contributed by atoms with Gasteiger partial charge in [-0.15, -0.1) is 0 Å². The van der Waals surface area contributed by atoms with Gasteiger partial charge in [0.2, 0.25) is 0 Å². The largest absolute Gasteiger partial charge is 0.444 e. The molecule has 1 saturated heterocycles. The molecular weight excluding hydrogens is 422 g/mol. The topological polar surface area (TPSA) is 64.4 Å². The minimum absolute atomic E-state index is 0.0162. The quantitative estimate of drug-likeness (QED) is 0.697. The van der Waals surface area contributed by atoms with Gasteiger partial charge in [-0.2, -0.15) is 0 Å². The number of hydrogen-bond donors (Lipinski definition) is 0. The molecular formula is C21H28BrN3O3. The average molecular weight is 450 g/mol. The zero-order chi connectivity index (χ0) is 20.5. The first kappa shape index (κ1) is 20.8. The monoisotopic (exact) mass is 449 g/mol. The fourth-order valence-electron chi connectivity index (χ4n) is 3.66. The predicted molar refractivity (Wildman–Crippen MR) is 114 cm³/mol. The first-order chi connectivity index (χ1) is 13.2. The number of halogens is 1. The summed E-state index contributed by atoms with van der Waals surface area (Å²) < 4.78 is 8.17. The lowest BCUT2D eigenvalue weighted by Gasteiger charge is -2.34. The number of likely N-dealkylation sites (tertiary alicyclic amines) is 1. The van der Waals surface area contributed by atoms with E-state index in [0.717, 1.165) is 28.7 Å². The summed E-state index contributed by atoms with van der Waals surface area (Å²) in [6.07, 6.45) is 2.29. The first-order valence-electron chi connectivity index (χ1n) is 9.85. The lowest BCUT2D eigenvalue weighted by atomic mass is 9.98. The van der Waals surface area contributed by atoms with Gasteiger partial charge in [-0.05, 0) is 57.7 Å². The van der Waals surface area contributed by atoms with Crippen LogP contribution >= 0.6 is 15.9 Å². The molecule has 1 fully saturated rings. The molecule has 152 valence electrons. The molecule has 1 atom stereocenters. The van der Waals surface area contributed by atoms with Crippen LogP contribution in [-0.4, -0.2) is 39.2 Å². The number of nitrogens with zero attached hydrogens (tertiary/aromatic N) is 3. The van der Waals surface area contributed by atoms with E-state index in [1.807, 2.05) is 45.9 Å². The second-order valence-corrected chi connectivity index (χ2v) is 9.31. The lowest BCUT2D eigenvalue weighted by Crippen LogP contribution is -2.44. The van der Waals surface area contributed by atoms with E-state index in [4.69, 9.17) is 9.72 Å². The maximum Gasteiger partial charge on any atom is 0.410 e. The van der Waals surface area contributed by atoms with Crippen molar-refractivity contribution in [1.29, 1.82) is 0 Å². The van der Waals surface area contributed by atoms with Gasteiger partial charge in [0.15, 0.2) is 0 Å². The van der Waals surface area contributed by atoms with E-state index >= 15 is 0 Å². The molecule has 0 saturated carbocycles. The highest BCUT2D eigenvalue weighted by Gasteiger charge is 2.28. The van der Waals surface area contributed by atoms with Crippen LogP contribution in [-0.2, 0) is 17.7 Å². The Morgan fingerprint density at radius 2 is 2.11 bits per heavy atom. The van der Waals surface area contributed by atoms with Crippen molar-refractivity contribution in [3.05, 3.63) is 38.9 Å². The maximum absolute atomic E-state index is 13.1. The molecule has 0 bridgehead atoms. The van der Waals surface area contributed by atoms with Crippen LogP contribution in [0.15, 0.2) is 27.5 Å². The van der Waals surface area contributed by atoms with Gasteiger partial charge < -0.3 is 9.64 Å². The summed E-state index contributed by atoms with van der Waals surface area (Å²) in [6.45, 7) is 9.49. The van der Waals surface area contributed by atoms with Gasteiger partial charge >= 0.3 is 6.09 Å². The minimum Gasteiger partial charge on any atom is -0.444 e. The van der Waals surface area contributed by atoms with Crippen LogP contribution in [0.1, 0.15) is 46.4 Å². The third-order valence-corrected chi connectivity index (χ3v) is 5.42. The van der Waals surface area contributed by atoms with Gasteiger partial charge in [0.25, 0.3) is 5.56 Å². The van der Waals surface area contributed by atoms with E-state index in [1.165, 1.54) is 0 Å². The predicted octanol–water partition coefficient (Wildman–Crippen LogP) is 4.37. The normalized spacial score (nSPS) is 17.8. The van der Waals surface area contributed by atoms with Crippen LogP contribution in [0.4, 0.5) is 4.79 Å². The zero-order valence-corrected chi connectivity index (χ0v) is 18.6. The molecule has 0 unspecified atom stereocenters. The van der Waals surface area contributed by atoms with Crippen LogP contribution in [0.2, 0.25) is 0 Å². The van der Waals surface area contributed by atoms with E-state index < -0.39 is 5.60 Å². The van der Waals surface area contributed by atoms with E-state index in [2.05, 4.69) is 15.9 Å². The van der Waals surface area contributed by atoms with E-state index in [9.17, 15) is 9.59 Å². The van der Waals surface area contributed by atoms with Crippen molar-refractivity contribution in [3.8, 4) is 0 Å². The number of carbonyl (C=O) groups is 1. The highest BCUT2D eigenvalue weighted by atomic mass is 79.9. The number of rotatable bonds is 3. The molecule has 3 rings (SSSR count). The highest BCUT2D eigenvalue weighted by molar-refractivity contribution is 9.10. The molecule has 0 N–H and O–H groups in total. The molecule has 28 heavy (non-hydrogen) atoms. The molecule has 0 aliphatic carbocycles. The summed E-state index contributed by atoms with van der Waals surface area (Å²) in [5, 5.41) is 0.617. The van der Waals surface area contributed by atoms with Gasteiger partial charge in [0.1, 0.15) is 11.4 Å². The van der Waals surface area contributed by atoms with E-state index in [1.54, 1.807) is 9.47 Å². The Bertz CT molecular complexity index is 933. The van der Waals surface area contributed by atoms with Crippen molar-refractivity contribution in [1.82, 2.24) is 14.5 Å². The van der Waals surface area contributed by atoms with Gasteiger partial charge in [0, 0.05) is 30.5 Å². The van der Waals surface area contributed by atoms with Gasteiger partial charge in [-0.3, -0.25) is 9.36 Å². The number of fused-ring (bicyclic) bond motifs is 1. The second-order valence-electron chi connectivity index (χ2n) is 8.39. The average Bonchev–Trinajstić information content (AvgIpc) is 2.63. The van der Waals surface area contributed by atoms with E-state index in [0.29, 0.717) is 31.4 Å². The molecule has 7 heteroatoms. The molecule has 2 heterocycles. The number of amides is 1. The summed E-state index contributed by atoms with van der Waals surface area (Å²) in [6, 6.07) is 5.60. The van der Waals surface area contributed by atoms with Gasteiger partial charge in [-0.1, -0.05) is 22.9 Å². The maximum atomic E-state index is 13.1. The Balaban J connectivity index is 1.84. The van der Waals surface area contributed by atoms with Gasteiger partial charge in [-0.25, -0.2) is 9.78 Å². The Hall–Kier alpha value is -1.89. The third-order valence-electron chi connectivity index (χ3n) is 4.92. The minimum atomic E-state index is -0.508. The fraction of sp³-hybridized carbons (Fsp3) is 0.571. The Labute approximate surface area is 174 Å². The smallest absolute Gasteiger partial charge is 0.410 e. The number of ether oxygens (including phenoxy) is 1. The number of aromatic nitrogens is 2. The summed E-state index contributed by atoms with van der Waals surface area (Å²) in [5.41, 5.74) is 0.198. The van der Waals surface area contributed by atoms with Crippen molar-refractivity contribution in [2.45, 2.75) is 59.1 Å². The molecule has 2 aromatic rings. The summed E-state index contributed by atoms with van der Waals surface area (Å²) in [4.78, 5) is 32.0. The number of carbonyl (C=O) groups excluding carboxylic acids is 1. The fourth-order valence-corrected chi connectivity index (χ4v) is 4.02. The Kier molecular flexibility index (Phi) is 6.12. The zero-order valence-electron chi connectivity index (χ0n) is 17.0. The van der Waals surface area contributed by atoms with Crippen molar-refractivity contribution < 1.29 is 9.53 Å². The summed E-state index contributed by atoms with van der Waals surface area (Å²) >= 11 is 3.44. The second kappa shape index (κ2) is 8.23. The summed E-state index contributed by atoms with van der Waals surface area (Å²) in [5.74, 6) is 0.991. The molecule has 6 nitrogen and oxygen atoms in total. The van der Waals surface area contributed by atoms with Crippen molar-refractivity contribution >= 4 is 32.9 Å². The number of aryl methyl sites for hydroxylation is 1. The van der Waals surface area contributed by atoms with Crippen LogP contribution in [0.5, 0.6) is 0 Å². The number of piperidine rings is 1. The Morgan fingerprint density at radius 3 is 2.79 bits per heavy atom. The SMILES string of the molecule is CCc1nc2ccc(Br)cc2c(=O)n1C[C@H]1CCCN(C(=O)OC(C)(C)C)C1. The van der Waals surface area contributed by atoms with Gasteiger partial charge in [0.05, 0.1) is 10.9 Å². The van der Waals surface area contributed by atoms with Crippen molar-refractivity contribution in [2.24, 2.45) is 5.92 Å². The molecule has 1 aliphatic rings. The standard InChI is InChI=1S/C21H28BrN3O3/c1-5-18-23-17-9-8-15(22)11-16(17)19(26)25(18)13-14-7-6-10-24(12-14)20(27)28-21(2,3)4/h8-9,11,14H,5-7,10,12-13H2,1-4H3/t14-/m0/s1. The molecule has 1 amide bonds. The lowest BCUT2D eigenvalue weighted by molar-refractivity contribution is 0.0156. The third kappa shape index (κ3) is 4.74. The van der Waals surface area contributed by atoms with Crippen LogP contribution in [0.25, 0.3) is 10.9 Å². The molecule has 1 aliphatic heterocycles. The Morgan fingerprint density at radius 1 is 1.36 bits per heavy atom. The van der Waals surface area contributed by atoms with Crippen molar-refractivity contribution in [3.63, 3.8) is 0 Å². The number of benzene rings is 1. The van der Waals surface area contributed by atoms with E-state index in [-0.39, 0.29) is 17.6 Å². The summed E-state index contributed by atoms with van der Waals surface area (Å²) in [7, 11) is 0. The van der Waals surface area contributed by atoms with Crippen molar-refractivity contribution in [2.75, 3.05) is 13.1 Å². The van der Waals surface area contributed by atoms with Crippen LogP contribution < -0.4 is 5.56 Å². The first-order valence-corrected chi connectivity index (χ1v) is 10.6.